The molecule has 1 aromatic heterocycles. The van der Waals surface area contributed by atoms with Crippen LogP contribution in [0.2, 0.25) is 0 Å². The molecule has 28 heavy (non-hydrogen) atoms. The van der Waals surface area contributed by atoms with Crippen molar-refractivity contribution in [3.05, 3.63) is 46.3 Å². The maximum atomic E-state index is 12.8. The van der Waals surface area contributed by atoms with Crippen molar-refractivity contribution < 1.29 is 4.79 Å². The first-order valence-corrected chi connectivity index (χ1v) is 11.2. The van der Waals surface area contributed by atoms with E-state index in [9.17, 15) is 9.59 Å². The number of carbonyl (C=O) groups is 1. The molecule has 1 N–H and O–H groups in total. The largest absolute Gasteiger partial charge is 0.355 e. The molecular weight excluding hydrogens is 370 g/mol. The van der Waals surface area contributed by atoms with Gasteiger partial charge in [-0.3, -0.25) is 14.2 Å². The summed E-state index contributed by atoms with van der Waals surface area (Å²) in [5, 5.41) is 4.26. The van der Waals surface area contributed by atoms with Gasteiger partial charge in [0.15, 0.2) is 5.16 Å². The van der Waals surface area contributed by atoms with Crippen LogP contribution in [0, 0.1) is 0 Å². The van der Waals surface area contributed by atoms with Crippen molar-refractivity contribution in [2.24, 2.45) is 0 Å². The van der Waals surface area contributed by atoms with Crippen molar-refractivity contribution in [2.45, 2.75) is 63.6 Å². The molecular formula is C22H29N3O2S. The number of benzene rings is 1. The van der Waals surface area contributed by atoms with Crippen LogP contribution in [0.5, 0.6) is 0 Å². The van der Waals surface area contributed by atoms with Crippen molar-refractivity contribution in [1.82, 2.24) is 14.9 Å². The predicted octanol–water partition coefficient (Wildman–Crippen LogP) is 4.30. The first-order chi connectivity index (χ1) is 13.7. The fraction of sp³-hybridized carbons (Fsp3) is 0.500. The fourth-order valence-corrected chi connectivity index (χ4v) is 4.30. The van der Waals surface area contributed by atoms with Crippen LogP contribution in [0.3, 0.4) is 0 Å². The van der Waals surface area contributed by atoms with E-state index in [0.29, 0.717) is 29.1 Å². The minimum Gasteiger partial charge on any atom is -0.355 e. The topological polar surface area (TPSA) is 64.0 Å². The van der Waals surface area contributed by atoms with Crippen molar-refractivity contribution in [3.8, 4) is 0 Å². The van der Waals surface area contributed by atoms with Gasteiger partial charge in [-0.1, -0.05) is 48.9 Å². The summed E-state index contributed by atoms with van der Waals surface area (Å²) in [7, 11) is 0. The summed E-state index contributed by atoms with van der Waals surface area (Å²) in [5.41, 5.74) is 2.13. The Morgan fingerprint density at radius 2 is 2.14 bits per heavy atom. The molecule has 0 fully saturated rings. The van der Waals surface area contributed by atoms with Crippen molar-refractivity contribution in [2.75, 3.05) is 12.3 Å². The molecule has 5 nitrogen and oxygen atoms in total. The lowest BCUT2D eigenvalue weighted by Crippen LogP contribution is -2.28. The smallest absolute Gasteiger partial charge is 0.262 e. The second kappa shape index (κ2) is 10.5. The molecule has 150 valence electrons. The molecule has 0 aliphatic heterocycles. The first-order valence-electron chi connectivity index (χ1n) is 10.3. The van der Waals surface area contributed by atoms with Crippen LogP contribution in [-0.4, -0.2) is 27.8 Å². The lowest BCUT2D eigenvalue weighted by molar-refractivity contribution is -0.118. The van der Waals surface area contributed by atoms with Gasteiger partial charge >= 0.3 is 0 Å². The molecule has 3 rings (SSSR count). The van der Waals surface area contributed by atoms with E-state index in [0.717, 1.165) is 25.7 Å². The van der Waals surface area contributed by atoms with E-state index in [2.05, 4.69) is 23.3 Å². The maximum absolute atomic E-state index is 12.8. The SMILES string of the molecule is CCCCn1c(SCC(=O)NCCC2=CCCCC2)nc2ccccc2c1=O. The monoisotopic (exact) mass is 399 g/mol. The summed E-state index contributed by atoms with van der Waals surface area (Å²) < 4.78 is 1.72. The number of fused-ring (bicyclic) bond motifs is 1. The zero-order chi connectivity index (χ0) is 19.8. The standard InChI is InChI=1S/C22H29N3O2S/c1-2-3-15-25-21(27)18-11-7-8-12-19(18)24-22(25)28-16-20(26)23-14-13-17-9-5-4-6-10-17/h7-9,11-12H,2-6,10,13-16H2,1H3,(H,23,26). The molecule has 1 aromatic carbocycles. The summed E-state index contributed by atoms with van der Waals surface area (Å²) in [5.74, 6) is 0.265. The Balaban J connectivity index is 1.62. The Labute approximate surface area is 170 Å². The number of aromatic nitrogens is 2. The molecule has 6 heteroatoms. The summed E-state index contributed by atoms with van der Waals surface area (Å²) >= 11 is 1.35. The molecule has 1 amide bonds. The number of amides is 1. The Bertz CT molecular complexity index is 904. The molecule has 0 bridgehead atoms. The maximum Gasteiger partial charge on any atom is 0.262 e. The van der Waals surface area contributed by atoms with Crippen LogP contribution in [0.25, 0.3) is 10.9 Å². The average molecular weight is 400 g/mol. The van der Waals surface area contributed by atoms with Gasteiger partial charge in [0.1, 0.15) is 0 Å². The van der Waals surface area contributed by atoms with Gasteiger partial charge in [-0.15, -0.1) is 0 Å². The van der Waals surface area contributed by atoms with Gasteiger partial charge in [0.25, 0.3) is 5.56 Å². The van der Waals surface area contributed by atoms with Crippen molar-refractivity contribution in [3.63, 3.8) is 0 Å². The van der Waals surface area contributed by atoms with Crippen LogP contribution in [0.1, 0.15) is 51.9 Å². The van der Waals surface area contributed by atoms with Crippen LogP contribution >= 0.6 is 11.8 Å². The number of hydrogen-bond acceptors (Lipinski definition) is 4. The highest BCUT2D eigenvalue weighted by molar-refractivity contribution is 7.99. The average Bonchev–Trinajstić information content (AvgIpc) is 2.72. The molecule has 0 unspecified atom stereocenters. The molecule has 1 heterocycles. The quantitative estimate of drug-likeness (QED) is 0.388. The van der Waals surface area contributed by atoms with Crippen molar-refractivity contribution in [1.29, 1.82) is 0 Å². The molecule has 2 aromatic rings. The third-order valence-corrected chi connectivity index (χ3v) is 6.02. The molecule has 0 radical (unpaired) electrons. The minimum atomic E-state index is -0.0220. The Kier molecular flexibility index (Phi) is 7.71. The number of carbonyl (C=O) groups excluding carboxylic acids is 1. The molecule has 1 aliphatic carbocycles. The van der Waals surface area contributed by atoms with Gasteiger partial charge in [0, 0.05) is 13.1 Å². The lowest BCUT2D eigenvalue weighted by atomic mass is 9.97. The minimum absolute atomic E-state index is 0.00846. The zero-order valence-corrected chi connectivity index (χ0v) is 17.4. The van der Waals surface area contributed by atoms with E-state index in [4.69, 9.17) is 0 Å². The number of unbranched alkanes of at least 4 members (excludes halogenated alkanes) is 1. The van der Waals surface area contributed by atoms with Gasteiger partial charge in [-0.05, 0) is 50.7 Å². The third kappa shape index (κ3) is 5.47. The summed E-state index contributed by atoms with van der Waals surface area (Å²) in [6.07, 6.45) is 10.0. The van der Waals surface area contributed by atoms with Gasteiger partial charge in [0.2, 0.25) is 5.91 Å². The fourth-order valence-electron chi connectivity index (χ4n) is 3.45. The lowest BCUT2D eigenvalue weighted by Gasteiger charge is -2.14. The van der Waals surface area contributed by atoms with E-state index < -0.39 is 0 Å². The second-order valence-corrected chi connectivity index (χ2v) is 8.16. The number of nitrogens with zero attached hydrogens (tertiary/aromatic N) is 2. The molecule has 1 aliphatic rings. The highest BCUT2D eigenvalue weighted by Crippen LogP contribution is 2.20. The predicted molar refractivity (Wildman–Crippen MR) is 116 cm³/mol. The molecule has 0 saturated heterocycles. The van der Waals surface area contributed by atoms with Crippen LogP contribution < -0.4 is 10.9 Å². The van der Waals surface area contributed by atoms with Gasteiger partial charge in [-0.2, -0.15) is 0 Å². The van der Waals surface area contributed by atoms with E-state index in [1.165, 1.54) is 36.6 Å². The Morgan fingerprint density at radius 1 is 1.29 bits per heavy atom. The number of thioether (sulfide) groups is 1. The first kappa shape index (κ1) is 20.6. The van der Waals surface area contributed by atoms with E-state index in [1.54, 1.807) is 4.57 Å². The third-order valence-electron chi connectivity index (χ3n) is 5.05. The van der Waals surface area contributed by atoms with E-state index in [-0.39, 0.29) is 17.2 Å². The van der Waals surface area contributed by atoms with Gasteiger partial charge in [0.05, 0.1) is 16.7 Å². The number of rotatable bonds is 9. The Morgan fingerprint density at radius 3 is 2.93 bits per heavy atom. The highest BCUT2D eigenvalue weighted by atomic mass is 32.2. The number of para-hydroxylation sites is 1. The van der Waals surface area contributed by atoms with Crippen LogP contribution in [-0.2, 0) is 11.3 Å². The molecule has 0 saturated carbocycles. The van der Waals surface area contributed by atoms with Crippen LogP contribution in [0.15, 0.2) is 45.9 Å². The van der Waals surface area contributed by atoms with Gasteiger partial charge in [-0.25, -0.2) is 4.98 Å². The summed E-state index contributed by atoms with van der Waals surface area (Å²) in [4.78, 5) is 29.8. The van der Waals surface area contributed by atoms with Crippen molar-refractivity contribution >= 4 is 28.6 Å². The molecule has 0 spiro atoms. The normalized spacial score (nSPS) is 14.1. The summed E-state index contributed by atoms with van der Waals surface area (Å²) in [6, 6.07) is 7.40. The van der Waals surface area contributed by atoms with Crippen LogP contribution in [0.4, 0.5) is 0 Å². The van der Waals surface area contributed by atoms with E-state index >= 15 is 0 Å². The second-order valence-electron chi connectivity index (χ2n) is 7.22. The Hall–Kier alpha value is -2.08. The number of nitrogens with one attached hydrogen (secondary N) is 1. The highest BCUT2D eigenvalue weighted by Gasteiger charge is 2.13. The zero-order valence-electron chi connectivity index (χ0n) is 16.6. The number of hydrogen-bond donors (Lipinski definition) is 1. The number of allylic oxidation sites excluding steroid dienone is 1. The summed E-state index contributed by atoms with van der Waals surface area (Å²) in [6.45, 7) is 3.41. The van der Waals surface area contributed by atoms with E-state index in [1.807, 2.05) is 24.3 Å². The molecule has 0 atom stereocenters. The van der Waals surface area contributed by atoms with Gasteiger partial charge < -0.3 is 5.32 Å².